The number of ether oxygens (including phenoxy) is 1. The third kappa shape index (κ3) is 2.76. The Balaban J connectivity index is 2.16. The lowest BCUT2D eigenvalue weighted by Gasteiger charge is -2.19. The molecule has 1 unspecified atom stereocenters. The molecule has 2 nitrogen and oxygen atoms in total. The van der Waals surface area contributed by atoms with Gasteiger partial charge in [0.15, 0.2) is 0 Å². The molecule has 1 fully saturated rings. The Morgan fingerprint density at radius 1 is 1.25 bits per heavy atom. The minimum atomic E-state index is 0.477. The third-order valence-corrected chi connectivity index (χ3v) is 3.15. The van der Waals surface area contributed by atoms with Crippen molar-refractivity contribution in [1.82, 2.24) is 5.32 Å². The van der Waals surface area contributed by atoms with Gasteiger partial charge in [-0.15, -0.1) is 0 Å². The summed E-state index contributed by atoms with van der Waals surface area (Å²) in [5, 5.41) is 3.62. The highest BCUT2D eigenvalue weighted by atomic mass is 16.5. The van der Waals surface area contributed by atoms with Gasteiger partial charge in [0.05, 0.1) is 6.61 Å². The fourth-order valence-corrected chi connectivity index (χ4v) is 2.35. The van der Waals surface area contributed by atoms with E-state index in [2.05, 4.69) is 23.5 Å². The monoisotopic (exact) mass is 219 g/mol. The second kappa shape index (κ2) is 5.90. The molecule has 1 aliphatic heterocycles. The van der Waals surface area contributed by atoms with Gasteiger partial charge in [0.25, 0.3) is 0 Å². The molecule has 0 aromatic heterocycles. The molecular weight excluding hydrogens is 198 g/mol. The van der Waals surface area contributed by atoms with E-state index in [0.717, 1.165) is 18.9 Å². The van der Waals surface area contributed by atoms with Crippen LogP contribution in [0.2, 0.25) is 0 Å². The first kappa shape index (κ1) is 11.5. The van der Waals surface area contributed by atoms with Crippen LogP contribution in [-0.4, -0.2) is 13.2 Å². The van der Waals surface area contributed by atoms with Crippen LogP contribution in [0.3, 0.4) is 0 Å². The zero-order valence-electron chi connectivity index (χ0n) is 10.0. The van der Waals surface area contributed by atoms with Crippen LogP contribution in [0.25, 0.3) is 0 Å². The van der Waals surface area contributed by atoms with E-state index < -0.39 is 0 Å². The van der Waals surface area contributed by atoms with Gasteiger partial charge in [0.2, 0.25) is 0 Å². The molecule has 1 atom stereocenters. The molecule has 1 aromatic carbocycles. The molecule has 0 saturated carbocycles. The third-order valence-electron chi connectivity index (χ3n) is 3.15. The van der Waals surface area contributed by atoms with Crippen molar-refractivity contribution in [2.24, 2.45) is 0 Å². The highest BCUT2D eigenvalue weighted by Gasteiger charge is 2.16. The van der Waals surface area contributed by atoms with Crippen molar-refractivity contribution >= 4 is 0 Å². The fraction of sp³-hybridized carbons (Fsp3) is 0.571. The molecule has 16 heavy (non-hydrogen) atoms. The molecule has 1 heterocycles. The number of rotatable bonds is 3. The van der Waals surface area contributed by atoms with E-state index in [4.69, 9.17) is 4.74 Å². The Morgan fingerprint density at radius 2 is 2.12 bits per heavy atom. The fourth-order valence-electron chi connectivity index (χ4n) is 2.35. The summed E-state index contributed by atoms with van der Waals surface area (Å²) >= 11 is 0. The van der Waals surface area contributed by atoms with E-state index >= 15 is 0 Å². The lowest BCUT2D eigenvalue weighted by molar-refractivity contribution is 0.330. The first-order valence-corrected chi connectivity index (χ1v) is 6.37. The van der Waals surface area contributed by atoms with Gasteiger partial charge in [0, 0.05) is 11.6 Å². The molecule has 0 aliphatic carbocycles. The summed E-state index contributed by atoms with van der Waals surface area (Å²) in [7, 11) is 0. The predicted octanol–water partition coefficient (Wildman–Crippen LogP) is 3.29. The van der Waals surface area contributed by atoms with Gasteiger partial charge in [-0.1, -0.05) is 31.0 Å². The van der Waals surface area contributed by atoms with Crippen molar-refractivity contribution < 1.29 is 4.74 Å². The number of benzene rings is 1. The Kier molecular flexibility index (Phi) is 4.23. The Morgan fingerprint density at radius 3 is 3.00 bits per heavy atom. The van der Waals surface area contributed by atoms with Crippen LogP contribution in [-0.2, 0) is 0 Å². The maximum Gasteiger partial charge on any atom is 0.124 e. The van der Waals surface area contributed by atoms with Crippen LogP contribution < -0.4 is 10.1 Å². The zero-order chi connectivity index (χ0) is 11.2. The molecule has 2 rings (SSSR count). The lowest BCUT2D eigenvalue weighted by atomic mass is 10.0. The Labute approximate surface area is 98.0 Å². The van der Waals surface area contributed by atoms with Gasteiger partial charge in [-0.05, 0) is 32.4 Å². The van der Waals surface area contributed by atoms with Crippen LogP contribution in [0.4, 0.5) is 0 Å². The summed E-state index contributed by atoms with van der Waals surface area (Å²) in [6.07, 6.45) is 5.19. The van der Waals surface area contributed by atoms with E-state index in [1.165, 1.54) is 31.2 Å². The highest BCUT2D eigenvalue weighted by molar-refractivity contribution is 5.36. The number of hydrogen-bond donors (Lipinski definition) is 1. The molecule has 1 N–H and O–H groups in total. The Bertz CT molecular complexity index is 316. The van der Waals surface area contributed by atoms with Gasteiger partial charge in [-0.25, -0.2) is 0 Å². The topological polar surface area (TPSA) is 21.3 Å². The normalized spacial score (nSPS) is 21.4. The van der Waals surface area contributed by atoms with Crippen molar-refractivity contribution in [3.8, 4) is 5.75 Å². The standard InChI is InChI=1S/C14H21NO/c1-2-16-14-10-6-5-8-12(14)13-9-4-3-7-11-15-13/h5-6,8,10,13,15H,2-4,7,9,11H2,1H3. The van der Waals surface area contributed by atoms with E-state index in [1.54, 1.807) is 0 Å². The van der Waals surface area contributed by atoms with Crippen molar-refractivity contribution in [2.45, 2.75) is 38.6 Å². The molecular formula is C14H21NO. The van der Waals surface area contributed by atoms with Crippen molar-refractivity contribution in [2.75, 3.05) is 13.2 Å². The maximum atomic E-state index is 5.69. The maximum absolute atomic E-state index is 5.69. The van der Waals surface area contributed by atoms with E-state index in [0.29, 0.717) is 6.04 Å². The lowest BCUT2D eigenvalue weighted by Crippen LogP contribution is -2.20. The number of hydrogen-bond acceptors (Lipinski definition) is 2. The molecule has 0 bridgehead atoms. The van der Waals surface area contributed by atoms with Crippen LogP contribution in [0.1, 0.15) is 44.2 Å². The van der Waals surface area contributed by atoms with Gasteiger partial charge < -0.3 is 10.1 Å². The smallest absolute Gasteiger partial charge is 0.124 e. The minimum Gasteiger partial charge on any atom is -0.494 e. The SMILES string of the molecule is CCOc1ccccc1C1CCCCCN1. The Hall–Kier alpha value is -1.02. The second-order valence-electron chi connectivity index (χ2n) is 4.33. The van der Waals surface area contributed by atoms with Crippen molar-refractivity contribution in [3.05, 3.63) is 29.8 Å². The largest absolute Gasteiger partial charge is 0.494 e. The van der Waals surface area contributed by atoms with Crippen molar-refractivity contribution in [3.63, 3.8) is 0 Å². The van der Waals surface area contributed by atoms with Gasteiger partial charge in [0.1, 0.15) is 5.75 Å². The number of nitrogens with one attached hydrogen (secondary N) is 1. The molecule has 1 aromatic rings. The molecule has 0 spiro atoms. The van der Waals surface area contributed by atoms with E-state index in [1.807, 2.05) is 13.0 Å². The molecule has 1 aliphatic rings. The molecule has 1 saturated heterocycles. The first-order valence-electron chi connectivity index (χ1n) is 6.37. The van der Waals surface area contributed by atoms with Crippen LogP contribution in [0.5, 0.6) is 5.75 Å². The minimum absolute atomic E-state index is 0.477. The quantitative estimate of drug-likeness (QED) is 0.842. The predicted molar refractivity (Wildman–Crippen MR) is 66.8 cm³/mol. The zero-order valence-corrected chi connectivity index (χ0v) is 10.0. The summed E-state index contributed by atoms with van der Waals surface area (Å²) in [5.74, 6) is 1.05. The highest BCUT2D eigenvalue weighted by Crippen LogP contribution is 2.29. The average molecular weight is 219 g/mol. The van der Waals surface area contributed by atoms with Gasteiger partial charge in [-0.2, -0.15) is 0 Å². The average Bonchev–Trinajstić information content (AvgIpc) is 2.59. The summed E-state index contributed by atoms with van der Waals surface area (Å²) in [5.41, 5.74) is 1.33. The summed E-state index contributed by atoms with van der Waals surface area (Å²) in [6.45, 7) is 3.91. The summed E-state index contributed by atoms with van der Waals surface area (Å²) in [6, 6.07) is 8.89. The molecule has 0 radical (unpaired) electrons. The van der Waals surface area contributed by atoms with Crippen molar-refractivity contribution in [1.29, 1.82) is 0 Å². The number of para-hydroxylation sites is 1. The summed E-state index contributed by atoms with van der Waals surface area (Å²) in [4.78, 5) is 0. The van der Waals surface area contributed by atoms with Crippen LogP contribution >= 0.6 is 0 Å². The van der Waals surface area contributed by atoms with Crippen LogP contribution in [0, 0.1) is 0 Å². The van der Waals surface area contributed by atoms with Gasteiger partial charge in [-0.3, -0.25) is 0 Å². The molecule has 2 heteroatoms. The first-order chi connectivity index (χ1) is 7.92. The van der Waals surface area contributed by atoms with Crippen LogP contribution in [0.15, 0.2) is 24.3 Å². The second-order valence-corrected chi connectivity index (χ2v) is 4.33. The van der Waals surface area contributed by atoms with E-state index in [-0.39, 0.29) is 0 Å². The molecule has 88 valence electrons. The summed E-state index contributed by atoms with van der Waals surface area (Å²) < 4.78 is 5.69. The van der Waals surface area contributed by atoms with E-state index in [9.17, 15) is 0 Å². The van der Waals surface area contributed by atoms with Gasteiger partial charge >= 0.3 is 0 Å². The molecule has 0 amide bonds.